The molecule has 1 N–H and O–H groups in total. The van der Waals surface area contributed by atoms with Gasteiger partial charge in [-0.1, -0.05) is 51.1 Å². The van der Waals surface area contributed by atoms with Crippen LogP contribution in [0.1, 0.15) is 26.3 Å². The number of aliphatic hydroxyl groups excluding tert-OH is 1. The molecule has 0 aliphatic rings. The molecular weight excluding hydrogens is 198 g/mol. The van der Waals surface area contributed by atoms with E-state index in [9.17, 15) is 5.11 Å². The van der Waals surface area contributed by atoms with Gasteiger partial charge in [0, 0.05) is 13.1 Å². The van der Waals surface area contributed by atoms with Gasteiger partial charge < -0.3 is 5.11 Å². The van der Waals surface area contributed by atoms with E-state index in [0.29, 0.717) is 6.54 Å². The van der Waals surface area contributed by atoms with Gasteiger partial charge in [0.1, 0.15) is 0 Å². The Morgan fingerprint density at radius 1 is 1.19 bits per heavy atom. The number of likely N-dealkylation sites (N-methyl/N-ethyl adjacent to an activating group) is 1. The highest BCUT2D eigenvalue weighted by atomic mass is 16.3. The molecule has 0 saturated carbocycles. The first kappa shape index (κ1) is 13.2. The summed E-state index contributed by atoms with van der Waals surface area (Å²) in [6, 6.07) is 10.3. The summed E-state index contributed by atoms with van der Waals surface area (Å²) < 4.78 is 0. The highest BCUT2D eigenvalue weighted by molar-refractivity contribution is 5.14. The van der Waals surface area contributed by atoms with Crippen molar-refractivity contribution in [3.63, 3.8) is 0 Å². The highest BCUT2D eigenvalue weighted by Gasteiger charge is 2.23. The van der Waals surface area contributed by atoms with Gasteiger partial charge in [-0.3, -0.25) is 4.90 Å². The lowest BCUT2D eigenvalue weighted by molar-refractivity contribution is 0.0333. The smallest absolute Gasteiger partial charge is 0.0715 e. The van der Waals surface area contributed by atoms with Gasteiger partial charge in [-0.25, -0.2) is 0 Å². The van der Waals surface area contributed by atoms with Crippen LogP contribution in [0.2, 0.25) is 0 Å². The van der Waals surface area contributed by atoms with Crippen LogP contribution in [0.25, 0.3) is 0 Å². The third-order valence-electron chi connectivity index (χ3n) is 2.78. The number of hydrogen-bond donors (Lipinski definition) is 1. The summed E-state index contributed by atoms with van der Waals surface area (Å²) in [6.07, 6.45) is -0.291. The Labute approximate surface area is 98.9 Å². The van der Waals surface area contributed by atoms with Crippen LogP contribution in [0.4, 0.5) is 0 Å². The van der Waals surface area contributed by atoms with Gasteiger partial charge in [0.2, 0.25) is 0 Å². The molecule has 90 valence electrons. The summed E-state index contributed by atoms with van der Waals surface area (Å²) in [4.78, 5) is 2.16. The van der Waals surface area contributed by atoms with Gasteiger partial charge in [-0.2, -0.15) is 0 Å². The Kier molecular flexibility index (Phi) is 4.51. The van der Waals surface area contributed by atoms with E-state index in [1.165, 1.54) is 5.56 Å². The molecule has 1 aromatic carbocycles. The summed E-state index contributed by atoms with van der Waals surface area (Å²) in [5.74, 6) is 0. The van der Waals surface area contributed by atoms with E-state index < -0.39 is 0 Å². The molecule has 0 aliphatic heterocycles. The second kappa shape index (κ2) is 5.46. The van der Waals surface area contributed by atoms with Gasteiger partial charge >= 0.3 is 0 Å². The highest BCUT2D eigenvalue weighted by Crippen LogP contribution is 2.19. The molecular formula is C14H23NO. The first-order chi connectivity index (χ1) is 7.39. The van der Waals surface area contributed by atoms with Gasteiger partial charge in [-0.15, -0.1) is 0 Å². The van der Waals surface area contributed by atoms with Crippen LogP contribution in [0.3, 0.4) is 0 Å². The lowest BCUT2D eigenvalue weighted by atomic mass is 9.89. The minimum Gasteiger partial charge on any atom is -0.391 e. The lowest BCUT2D eigenvalue weighted by Gasteiger charge is -2.29. The second-order valence-corrected chi connectivity index (χ2v) is 5.56. The van der Waals surface area contributed by atoms with Crippen LogP contribution in [0.5, 0.6) is 0 Å². The monoisotopic (exact) mass is 221 g/mol. The van der Waals surface area contributed by atoms with Crippen molar-refractivity contribution in [3.8, 4) is 0 Å². The van der Waals surface area contributed by atoms with Crippen molar-refractivity contribution in [3.05, 3.63) is 35.9 Å². The van der Waals surface area contributed by atoms with E-state index in [-0.39, 0.29) is 11.5 Å². The molecule has 0 fully saturated rings. The van der Waals surface area contributed by atoms with Crippen LogP contribution in [0.15, 0.2) is 30.3 Å². The average Bonchev–Trinajstić information content (AvgIpc) is 2.17. The molecule has 2 heteroatoms. The maximum Gasteiger partial charge on any atom is 0.0715 e. The van der Waals surface area contributed by atoms with Crippen molar-refractivity contribution in [2.75, 3.05) is 13.6 Å². The lowest BCUT2D eigenvalue weighted by Crippen LogP contribution is -2.37. The third kappa shape index (κ3) is 4.33. The maximum atomic E-state index is 9.99. The third-order valence-corrected chi connectivity index (χ3v) is 2.78. The predicted octanol–water partition coefficient (Wildman–Crippen LogP) is 2.53. The van der Waals surface area contributed by atoms with Crippen molar-refractivity contribution < 1.29 is 5.11 Å². The first-order valence-corrected chi connectivity index (χ1v) is 5.80. The molecule has 0 amide bonds. The van der Waals surface area contributed by atoms with E-state index in [1.54, 1.807) is 0 Å². The first-order valence-electron chi connectivity index (χ1n) is 5.80. The molecule has 1 aromatic rings. The fourth-order valence-corrected chi connectivity index (χ4v) is 1.53. The molecule has 1 atom stereocenters. The van der Waals surface area contributed by atoms with E-state index in [1.807, 2.05) is 25.2 Å². The molecule has 0 heterocycles. The average molecular weight is 221 g/mol. The zero-order chi connectivity index (χ0) is 12.2. The Morgan fingerprint density at radius 3 is 2.25 bits per heavy atom. The number of nitrogens with zero attached hydrogens (tertiary/aromatic N) is 1. The summed E-state index contributed by atoms with van der Waals surface area (Å²) in [5.41, 5.74) is 1.23. The summed E-state index contributed by atoms with van der Waals surface area (Å²) >= 11 is 0. The molecule has 0 bridgehead atoms. The largest absolute Gasteiger partial charge is 0.391 e. The summed E-state index contributed by atoms with van der Waals surface area (Å²) in [5, 5.41) is 9.99. The summed E-state index contributed by atoms with van der Waals surface area (Å²) in [7, 11) is 2.04. The number of rotatable bonds is 4. The zero-order valence-electron chi connectivity index (χ0n) is 10.8. The minimum atomic E-state index is -0.291. The predicted molar refractivity (Wildman–Crippen MR) is 68.2 cm³/mol. The van der Waals surface area contributed by atoms with Gasteiger partial charge in [0.05, 0.1) is 6.10 Å². The molecule has 0 saturated heterocycles. The Balaban J connectivity index is 2.45. The van der Waals surface area contributed by atoms with Crippen LogP contribution in [-0.2, 0) is 6.54 Å². The van der Waals surface area contributed by atoms with E-state index in [2.05, 4.69) is 37.8 Å². The van der Waals surface area contributed by atoms with Gasteiger partial charge in [-0.05, 0) is 18.0 Å². The topological polar surface area (TPSA) is 23.5 Å². The number of hydrogen-bond acceptors (Lipinski definition) is 2. The number of aliphatic hydroxyl groups is 1. The minimum absolute atomic E-state index is 0.0506. The van der Waals surface area contributed by atoms with Crippen LogP contribution in [-0.4, -0.2) is 29.7 Å². The molecule has 2 nitrogen and oxygen atoms in total. The van der Waals surface area contributed by atoms with Crippen LogP contribution >= 0.6 is 0 Å². The van der Waals surface area contributed by atoms with Crippen molar-refractivity contribution in [2.24, 2.45) is 5.41 Å². The Hall–Kier alpha value is -0.860. The van der Waals surface area contributed by atoms with E-state index in [0.717, 1.165) is 6.54 Å². The Bertz CT molecular complexity index is 302. The van der Waals surface area contributed by atoms with Crippen molar-refractivity contribution in [1.29, 1.82) is 0 Å². The quantitative estimate of drug-likeness (QED) is 0.844. The standard InChI is InChI=1S/C14H23NO/c1-14(2,3)13(16)11-15(4)10-12-8-6-5-7-9-12/h5-9,13,16H,10-11H2,1-4H3. The van der Waals surface area contributed by atoms with Crippen molar-refractivity contribution in [1.82, 2.24) is 4.90 Å². The zero-order valence-corrected chi connectivity index (χ0v) is 10.8. The van der Waals surface area contributed by atoms with E-state index in [4.69, 9.17) is 0 Å². The fraction of sp³-hybridized carbons (Fsp3) is 0.571. The number of benzene rings is 1. The molecule has 0 radical (unpaired) electrons. The maximum absolute atomic E-state index is 9.99. The summed E-state index contributed by atoms with van der Waals surface area (Å²) in [6.45, 7) is 7.78. The van der Waals surface area contributed by atoms with Gasteiger partial charge in [0.15, 0.2) is 0 Å². The molecule has 0 spiro atoms. The van der Waals surface area contributed by atoms with Crippen molar-refractivity contribution >= 4 is 0 Å². The fourth-order valence-electron chi connectivity index (χ4n) is 1.53. The molecule has 0 aromatic heterocycles. The van der Waals surface area contributed by atoms with E-state index >= 15 is 0 Å². The molecule has 16 heavy (non-hydrogen) atoms. The Morgan fingerprint density at radius 2 is 1.75 bits per heavy atom. The van der Waals surface area contributed by atoms with Crippen LogP contribution in [0, 0.1) is 5.41 Å². The van der Waals surface area contributed by atoms with Gasteiger partial charge in [0.25, 0.3) is 0 Å². The molecule has 1 unspecified atom stereocenters. The van der Waals surface area contributed by atoms with Crippen molar-refractivity contribution in [2.45, 2.75) is 33.4 Å². The normalized spacial score (nSPS) is 14.1. The second-order valence-electron chi connectivity index (χ2n) is 5.56. The molecule has 1 rings (SSSR count). The SMILES string of the molecule is CN(Cc1ccccc1)CC(O)C(C)(C)C. The van der Waals surface area contributed by atoms with Crippen LogP contribution < -0.4 is 0 Å². The molecule has 0 aliphatic carbocycles.